The molecule has 4 rings (SSSR count). The van der Waals surface area contributed by atoms with Crippen molar-refractivity contribution in [2.75, 3.05) is 31.9 Å². The van der Waals surface area contributed by atoms with E-state index >= 15 is 4.39 Å². The molecular weight excluding hydrogens is 598 g/mol. The van der Waals surface area contributed by atoms with E-state index in [1.165, 1.54) is 32.6 Å². The minimum atomic E-state index is -3.86. The van der Waals surface area contributed by atoms with Crippen LogP contribution in [0.5, 0.6) is 0 Å². The van der Waals surface area contributed by atoms with Crippen molar-refractivity contribution in [1.82, 2.24) is 5.32 Å². The lowest BCUT2D eigenvalue weighted by atomic mass is 9.92. The minimum absolute atomic E-state index is 0.00560. The molecule has 206 valence electrons. The molecular formula is C27H25BrF2N2O6S. The molecule has 0 radical (unpaired) electrons. The molecule has 39 heavy (non-hydrogen) atoms. The molecule has 1 amide bonds. The van der Waals surface area contributed by atoms with Crippen LogP contribution in [0.25, 0.3) is 22.1 Å². The fraction of sp³-hybridized carbons (Fsp3) is 0.222. The van der Waals surface area contributed by atoms with Crippen LogP contribution in [0.1, 0.15) is 27.0 Å². The smallest absolute Gasteiger partial charge is 0.254 e. The van der Waals surface area contributed by atoms with Crippen LogP contribution in [0.4, 0.5) is 14.5 Å². The fourth-order valence-corrected chi connectivity index (χ4v) is 5.16. The van der Waals surface area contributed by atoms with Gasteiger partial charge >= 0.3 is 0 Å². The van der Waals surface area contributed by atoms with Gasteiger partial charge in [-0.25, -0.2) is 17.2 Å². The van der Waals surface area contributed by atoms with Crippen molar-refractivity contribution in [3.8, 4) is 11.1 Å². The molecule has 0 saturated carbocycles. The third-order valence-corrected chi connectivity index (χ3v) is 7.37. The van der Waals surface area contributed by atoms with E-state index in [2.05, 4.69) is 26.0 Å². The molecule has 0 spiro atoms. The van der Waals surface area contributed by atoms with E-state index in [4.69, 9.17) is 13.9 Å². The second-order valence-corrected chi connectivity index (χ2v) is 11.3. The van der Waals surface area contributed by atoms with Gasteiger partial charge in [-0.2, -0.15) is 0 Å². The third-order valence-electron chi connectivity index (χ3n) is 5.91. The molecule has 0 aliphatic carbocycles. The van der Waals surface area contributed by atoms with Crippen molar-refractivity contribution >= 4 is 48.5 Å². The van der Waals surface area contributed by atoms with E-state index in [0.717, 1.165) is 12.3 Å². The minimum Gasteiger partial charge on any atom is -0.463 e. The van der Waals surface area contributed by atoms with Crippen LogP contribution < -0.4 is 10.0 Å². The summed E-state index contributed by atoms with van der Waals surface area (Å²) >= 11 is 3.22. The maximum Gasteiger partial charge on any atom is 0.254 e. The Kier molecular flexibility index (Phi) is 8.70. The molecule has 8 nitrogen and oxygen atoms in total. The number of methoxy groups -OCH3 is 1. The number of sulfonamides is 1. The lowest BCUT2D eigenvalue weighted by Gasteiger charge is -2.18. The summed E-state index contributed by atoms with van der Waals surface area (Å²) in [6, 6.07) is 10.7. The first-order chi connectivity index (χ1) is 18.5. The Labute approximate surface area is 232 Å². The second kappa shape index (κ2) is 11.8. The highest BCUT2D eigenvalue weighted by Crippen LogP contribution is 2.37. The SMILES string of the molecule is CNC(=O)c1coc2cc(-c3ccc(F)c(NS(C)(=O)=O)c3Cc3cc(F)c(Br)c(COCOC)c3)ccc12. The largest absolute Gasteiger partial charge is 0.463 e. The molecule has 1 aromatic heterocycles. The molecule has 0 saturated heterocycles. The molecule has 0 aliphatic heterocycles. The maximum atomic E-state index is 15.1. The second-order valence-electron chi connectivity index (χ2n) is 8.74. The summed E-state index contributed by atoms with van der Waals surface area (Å²) in [7, 11) is -0.887. The summed E-state index contributed by atoms with van der Waals surface area (Å²) in [6.45, 7) is 0.0537. The highest BCUT2D eigenvalue weighted by atomic mass is 79.9. The zero-order chi connectivity index (χ0) is 28.3. The third kappa shape index (κ3) is 6.47. The lowest BCUT2D eigenvalue weighted by molar-refractivity contribution is -0.0393. The molecule has 2 N–H and O–H groups in total. The number of carbonyl (C=O) groups excluding carboxylic acids is 1. The molecule has 0 atom stereocenters. The van der Waals surface area contributed by atoms with Crippen LogP contribution in [0.3, 0.4) is 0 Å². The van der Waals surface area contributed by atoms with Crippen molar-refractivity contribution in [3.63, 3.8) is 0 Å². The molecule has 0 aliphatic rings. The van der Waals surface area contributed by atoms with Crippen molar-refractivity contribution in [2.45, 2.75) is 13.0 Å². The summed E-state index contributed by atoms with van der Waals surface area (Å²) in [6.07, 6.45) is 2.24. The summed E-state index contributed by atoms with van der Waals surface area (Å²) in [5, 5.41) is 3.13. The predicted molar refractivity (Wildman–Crippen MR) is 147 cm³/mol. The first kappa shape index (κ1) is 28.7. The number of anilines is 1. The van der Waals surface area contributed by atoms with Crippen LogP contribution in [-0.4, -0.2) is 41.5 Å². The number of furan rings is 1. The predicted octanol–water partition coefficient (Wildman–Crippen LogP) is 5.58. The number of rotatable bonds is 10. The van der Waals surface area contributed by atoms with E-state index in [1.54, 1.807) is 24.3 Å². The van der Waals surface area contributed by atoms with Gasteiger partial charge in [-0.15, -0.1) is 0 Å². The molecule has 1 heterocycles. The van der Waals surface area contributed by atoms with Crippen molar-refractivity contribution in [1.29, 1.82) is 0 Å². The standard InChI is InChI=1S/C27H25BrF2N2O6S/c1-31-27(33)21-13-38-24-11-16(4-5-19(21)24)18-6-7-22(29)26(32-39(3,34)35)20(18)9-15-8-17(12-37-14-36-2)25(28)23(30)10-15/h4-8,10-11,13,32H,9,12,14H2,1-3H3,(H,31,33). The van der Waals surface area contributed by atoms with E-state index in [-0.39, 0.29) is 41.5 Å². The van der Waals surface area contributed by atoms with E-state index < -0.39 is 21.7 Å². The number of hydrogen-bond acceptors (Lipinski definition) is 6. The van der Waals surface area contributed by atoms with Gasteiger partial charge in [0.2, 0.25) is 10.0 Å². The highest BCUT2D eigenvalue weighted by molar-refractivity contribution is 9.10. The molecule has 3 aromatic carbocycles. The Balaban J connectivity index is 1.86. The Morgan fingerprint density at radius 1 is 1.10 bits per heavy atom. The van der Waals surface area contributed by atoms with E-state index in [9.17, 15) is 17.6 Å². The Morgan fingerprint density at radius 2 is 1.87 bits per heavy atom. The average molecular weight is 623 g/mol. The van der Waals surface area contributed by atoms with Gasteiger partial charge in [0.25, 0.3) is 5.91 Å². The van der Waals surface area contributed by atoms with Crippen LogP contribution >= 0.6 is 15.9 Å². The van der Waals surface area contributed by atoms with Gasteiger partial charge in [0.15, 0.2) is 0 Å². The molecule has 4 aromatic rings. The number of fused-ring (bicyclic) bond motifs is 1. The molecule has 12 heteroatoms. The first-order valence-electron chi connectivity index (χ1n) is 11.6. The van der Waals surface area contributed by atoms with Gasteiger partial charge in [-0.05, 0) is 68.0 Å². The number of nitrogens with one attached hydrogen (secondary N) is 2. The zero-order valence-corrected chi connectivity index (χ0v) is 23.6. The van der Waals surface area contributed by atoms with Crippen molar-refractivity contribution < 1.29 is 35.9 Å². The Morgan fingerprint density at radius 3 is 2.56 bits per heavy atom. The van der Waals surface area contributed by atoms with Crippen molar-refractivity contribution in [3.05, 3.63) is 87.1 Å². The van der Waals surface area contributed by atoms with Gasteiger partial charge in [-0.3, -0.25) is 9.52 Å². The number of carbonyl (C=O) groups is 1. The number of amides is 1. The first-order valence-corrected chi connectivity index (χ1v) is 14.3. The maximum absolute atomic E-state index is 15.1. The lowest BCUT2D eigenvalue weighted by Crippen LogP contribution is -2.17. The summed E-state index contributed by atoms with van der Waals surface area (Å²) < 4.78 is 72.5. The Bertz CT molecular complexity index is 1660. The van der Waals surface area contributed by atoms with Crippen LogP contribution in [0.2, 0.25) is 0 Å². The zero-order valence-electron chi connectivity index (χ0n) is 21.2. The van der Waals surface area contributed by atoms with Gasteiger partial charge < -0.3 is 19.2 Å². The quantitative estimate of drug-likeness (QED) is 0.177. The summed E-state index contributed by atoms with van der Waals surface area (Å²) in [5.74, 6) is -1.66. The normalized spacial score (nSPS) is 11.6. The van der Waals surface area contributed by atoms with E-state index in [1.807, 2.05) is 0 Å². The fourth-order valence-electron chi connectivity index (χ4n) is 4.23. The number of benzene rings is 3. The van der Waals surface area contributed by atoms with Gasteiger partial charge in [0, 0.05) is 26.0 Å². The van der Waals surface area contributed by atoms with Gasteiger partial charge in [0.05, 0.1) is 28.6 Å². The number of ether oxygens (including phenoxy) is 2. The Hall–Kier alpha value is -3.32. The topological polar surface area (TPSA) is 107 Å². The van der Waals surface area contributed by atoms with E-state index in [0.29, 0.717) is 38.8 Å². The molecule has 0 bridgehead atoms. The number of hydrogen-bond donors (Lipinski definition) is 2. The van der Waals surface area contributed by atoms with Gasteiger partial charge in [0.1, 0.15) is 30.3 Å². The average Bonchev–Trinajstić information content (AvgIpc) is 3.31. The summed E-state index contributed by atoms with van der Waals surface area (Å²) in [4.78, 5) is 12.1. The summed E-state index contributed by atoms with van der Waals surface area (Å²) in [5.41, 5.74) is 2.81. The highest BCUT2D eigenvalue weighted by Gasteiger charge is 2.21. The van der Waals surface area contributed by atoms with Crippen molar-refractivity contribution in [2.24, 2.45) is 0 Å². The van der Waals surface area contributed by atoms with Gasteiger partial charge in [-0.1, -0.05) is 18.2 Å². The number of halogens is 3. The van der Waals surface area contributed by atoms with Crippen LogP contribution in [0, 0.1) is 11.6 Å². The molecule has 0 fully saturated rings. The van der Waals surface area contributed by atoms with Crippen LogP contribution in [0.15, 0.2) is 57.6 Å². The van der Waals surface area contributed by atoms with Crippen LogP contribution in [-0.2, 0) is 32.5 Å². The molecule has 0 unspecified atom stereocenters. The monoisotopic (exact) mass is 622 g/mol.